The predicted molar refractivity (Wildman–Crippen MR) is 107 cm³/mol. The van der Waals surface area contributed by atoms with Crippen LogP contribution in [0.15, 0.2) is 36.8 Å². The van der Waals surface area contributed by atoms with E-state index in [0.29, 0.717) is 18.2 Å². The van der Waals surface area contributed by atoms with Crippen LogP contribution in [0.4, 0.5) is 4.79 Å². The van der Waals surface area contributed by atoms with E-state index in [2.05, 4.69) is 15.1 Å². The highest BCUT2D eigenvalue weighted by Gasteiger charge is 2.31. The fraction of sp³-hybridized carbons (Fsp3) is 0.400. The highest BCUT2D eigenvalue weighted by Crippen LogP contribution is 2.27. The highest BCUT2D eigenvalue weighted by molar-refractivity contribution is 6.29. The Labute approximate surface area is 168 Å². The number of hydrogen-bond donors (Lipinski definition) is 0. The van der Waals surface area contributed by atoms with Gasteiger partial charge in [-0.25, -0.2) is 9.78 Å². The lowest BCUT2D eigenvalue weighted by Gasteiger charge is -2.24. The van der Waals surface area contributed by atoms with Gasteiger partial charge in [-0.15, -0.1) is 0 Å². The van der Waals surface area contributed by atoms with Gasteiger partial charge in [0, 0.05) is 36.6 Å². The number of carbonyl (C=O) groups excluding carboxylic acids is 1. The number of fused-ring (bicyclic) bond motifs is 1. The number of pyridine rings is 2. The van der Waals surface area contributed by atoms with Gasteiger partial charge in [-0.05, 0) is 45.4 Å². The zero-order valence-electron chi connectivity index (χ0n) is 16.1. The summed E-state index contributed by atoms with van der Waals surface area (Å²) in [5.41, 5.74) is 2.93. The van der Waals surface area contributed by atoms with E-state index < -0.39 is 5.60 Å². The minimum Gasteiger partial charge on any atom is -0.444 e. The average Bonchev–Trinajstić information content (AvgIpc) is 3.29. The Balaban J connectivity index is 1.50. The summed E-state index contributed by atoms with van der Waals surface area (Å²) in [4.78, 5) is 22.8. The van der Waals surface area contributed by atoms with Crippen LogP contribution in [0.3, 0.4) is 0 Å². The molecule has 0 radical (unpaired) electrons. The molecule has 1 amide bonds. The Morgan fingerprint density at radius 1 is 1.21 bits per heavy atom. The standard InChI is InChI=1S/C20H22ClN5O2/c1-20(2,3)28-19(27)25-7-6-15(12-25)26-11-14(10-23-26)13-8-17-16(22-9-13)4-5-18(21)24-17/h4-5,8-11,15H,6-7,12H2,1-3H3/t15-/m0/s1. The number of aromatic nitrogens is 4. The van der Waals surface area contributed by atoms with E-state index in [1.807, 2.05) is 50.0 Å². The minimum absolute atomic E-state index is 0.127. The monoisotopic (exact) mass is 399 g/mol. The van der Waals surface area contributed by atoms with Crippen molar-refractivity contribution >= 4 is 28.7 Å². The summed E-state index contributed by atoms with van der Waals surface area (Å²) in [6.45, 7) is 6.87. The van der Waals surface area contributed by atoms with Crippen molar-refractivity contribution in [2.45, 2.75) is 38.8 Å². The third kappa shape index (κ3) is 3.94. The summed E-state index contributed by atoms with van der Waals surface area (Å²) in [5, 5.41) is 4.94. The summed E-state index contributed by atoms with van der Waals surface area (Å²) in [6, 6.07) is 5.66. The summed E-state index contributed by atoms with van der Waals surface area (Å²) in [5.74, 6) is 0. The van der Waals surface area contributed by atoms with Crippen LogP contribution in [-0.4, -0.2) is 49.4 Å². The van der Waals surface area contributed by atoms with Crippen molar-refractivity contribution in [1.82, 2.24) is 24.6 Å². The predicted octanol–water partition coefficient (Wildman–Crippen LogP) is 4.33. The topological polar surface area (TPSA) is 73.1 Å². The van der Waals surface area contributed by atoms with Gasteiger partial charge in [0.05, 0.1) is 23.3 Å². The molecule has 4 heterocycles. The molecule has 0 saturated carbocycles. The van der Waals surface area contributed by atoms with E-state index in [1.165, 1.54) is 0 Å². The SMILES string of the molecule is CC(C)(C)OC(=O)N1CC[C@H](n2cc(-c3cnc4ccc(Cl)nc4c3)cn2)C1. The summed E-state index contributed by atoms with van der Waals surface area (Å²) < 4.78 is 7.37. The molecule has 4 rings (SSSR count). The molecule has 28 heavy (non-hydrogen) atoms. The van der Waals surface area contributed by atoms with Gasteiger partial charge in [0.15, 0.2) is 0 Å². The normalized spacial score (nSPS) is 17.3. The van der Waals surface area contributed by atoms with Gasteiger partial charge >= 0.3 is 6.09 Å². The fourth-order valence-corrected chi connectivity index (χ4v) is 3.43. The van der Waals surface area contributed by atoms with Crippen molar-refractivity contribution in [2.24, 2.45) is 0 Å². The van der Waals surface area contributed by atoms with Crippen LogP contribution >= 0.6 is 11.6 Å². The molecule has 0 bridgehead atoms. The maximum absolute atomic E-state index is 12.3. The lowest BCUT2D eigenvalue weighted by atomic mass is 10.1. The van der Waals surface area contributed by atoms with Crippen LogP contribution in [0.1, 0.15) is 33.2 Å². The lowest BCUT2D eigenvalue weighted by Crippen LogP contribution is -2.35. The number of rotatable bonds is 2. The maximum atomic E-state index is 12.3. The average molecular weight is 400 g/mol. The smallest absolute Gasteiger partial charge is 0.410 e. The molecule has 0 aromatic carbocycles. The first kappa shape index (κ1) is 18.7. The molecular weight excluding hydrogens is 378 g/mol. The number of hydrogen-bond acceptors (Lipinski definition) is 5. The molecule has 0 spiro atoms. The van der Waals surface area contributed by atoms with Crippen LogP contribution in [0.25, 0.3) is 22.2 Å². The van der Waals surface area contributed by atoms with Crippen LogP contribution in [0, 0.1) is 0 Å². The third-order valence-electron chi connectivity index (χ3n) is 4.63. The maximum Gasteiger partial charge on any atom is 0.410 e. The summed E-state index contributed by atoms with van der Waals surface area (Å²) in [6.07, 6.45) is 6.17. The molecule has 8 heteroatoms. The van der Waals surface area contributed by atoms with E-state index in [1.54, 1.807) is 17.2 Å². The Kier molecular flexibility index (Phi) is 4.71. The van der Waals surface area contributed by atoms with Crippen LogP contribution in [-0.2, 0) is 4.74 Å². The molecule has 3 aromatic rings. The van der Waals surface area contributed by atoms with Crippen molar-refractivity contribution in [3.63, 3.8) is 0 Å². The van der Waals surface area contributed by atoms with Crippen molar-refractivity contribution in [2.75, 3.05) is 13.1 Å². The van der Waals surface area contributed by atoms with E-state index in [9.17, 15) is 4.79 Å². The Hall–Kier alpha value is -2.67. The molecule has 1 fully saturated rings. The van der Waals surface area contributed by atoms with Crippen molar-refractivity contribution in [1.29, 1.82) is 0 Å². The van der Waals surface area contributed by atoms with Crippen molar-refractivity contribution in [3.05, 3.63) is 41.9 Å². The third-order valence-corrected chi connectivity index (χ3v) is 4.84. The number of likely N-dealkylation sites (tertiary alicyclic amines) is 1. The lowest BCUT2D eigenvalue weighted by molar-refractivity contribution is 0.0288. The number of amides is 1. The number of halogens is 1. The molecule has 0 aliphatic carbocycles. The molecule has 0 N–H and O–H groups in total. The second kappa shape index (κ2) is 7.05. The first-order valence-electron chi connectivity index (χ1n) is 9.23. The van der Waals surface area contributed by atoms with Gasteiger partial charge < -0.3 is 9.64 Å². The second-order valence-corrected chi connectivity index (χ2v) is 8.36. The first-order chi connectivity index (χ1) is 13.3. The molecule has 0 unspecified atom stereocenters. The van der Waals surface area contributed by atoms with Gasteiger partial charge in [0.25, 0.3) is 0 Å². The zero-order chi connectivity index (χ0) is 19.9. The largest absolute Gasteiger partial charge is 0.444 e. The second-order valence-electron chi connectivity index (χ2n) is 7.97. The highest BCUT2D eigenvalue weighted by atomic mass is 35.5. The van der Waals surface area contributed by atoms with Gasteiger partial charge in [-0.2, -0.15) is 5.10 Å². The van der Waals surface area contributed by atoms with E-state index in [0.717, 1.165) is 28.6 Å². The van der Waals surface area contributed by atoms with E-state index >= 15 is 0 Å². The van der Waals surface area contributed by atoms with Gasteiger partial charge in [-0.1, -0.05) is 11.6 Å². The van der Waals surface area contributed by atoms with Gasteiger partial charge in [0.2, 0.25) is 0 Å². The summed E-state index contributed by atoms with van der Waals surface area (Å²) in [7, 11) is 0. The molecule has 1 atom stereocenters. The Morgan fingerprint density at radius 2 is 2.04 bits per heavy atom. The molecule has 146 valence electrons. The molecule has 1 aliphatic rings. The van der Waals surface area contributed by atoms with Gasteiger partial charge in [-0.3, -0.25) is 9.67 Å². The fourth-order valence-electron chi connectivity index (χ4n) is 3.28. The number of nitrogens with zero attached hydrogens (tertiary/aromatic N) is 5. The first-order valence-corrected chi connectivity index (χ1v) is 9.61. The number of carbonyl (C=O) groups is 1. The number of ether oxygens (including phenoxy) is 1. The van der Waals surface area contributed by atoms with Crippen LogP contribution in [0.5, 0.6) is 0 Å². The Morgan fingerprint density at radius 3 is 2.82 bits per heavy atom. The molecule has 1 saturated heterocycles. The Bertz CT molecular complexity index is 1030. The summed E-state index contributed by atoms with van der Waals surface area (Å²) >= 11 is 5.99. The quantitative estimate of drug-likeness (QED) is 0.599. The van der Waals surface area contributed by atoms with Crippen LogP contribution < -0.4 is 0 Å². The van der Waals surface area contributed by atoms with Crippen LogP contribution in [0.2, 0.25) is 5.15 Å². The van der Waals surface area contributed by atoms with E-state index in [4.69, 9.17) is 16.3 Å². The minimum atomic E-state index is -0.492. The van der Waals surface area contributed by atoms with E-state index in [-0.39, 0.29) is 12.1 Å². The molecule has 3 aromatic heterocycles. The van der Waals surface area contributed by atoms with Crippen molar-refractivity contribution in [3.8, 4) is 11.1 Å². The molecule has 7 nitrogen and oxygen atoms in total. The van der Waals surface area contributed by atoms with Gasteiger partial charge in [0.1, 0.15) is 10.8 Å². The molecule has 1 aliphatic heterocycles. The van der Waals surface area contributed by atoms with Crippen molar-refractivity contribution < 1.29 is 9.53 Å². The molecular formula is C20H22ClN5O2. The zero-order valence-corrected chi connectivity index (χ0v) is 16.8.